The molecule has 0 fully saturated rings. The van der Waals surface area contributed by atoms with Gasteiger partial charge < -0.3 is 4.98 Å². The van der Waals surface area contributed by atoms with Crippen molar-refractivity contribution in [1.82, 2.24) is 20.2 Å². The molecule has 142 valence electrons. The summed E-state index contributed by atoms with van der Waals surface area (Å²) in [5.74, 6) is 0.777. The predicted molar refractivity (Wildman–Crippen MR) is 122 cm³/mol. The first-order valence-electron chi connectivity index (χ1n) is 9.94. The standard InChI is InChI=1S/C26H18N4/c1-2-6-17(7-3-1)18-10-12-19(13-11-18)20-14-15-23-24(16-20)28-26(27-23)25-21-8-4-5-9-22(21)29-30-25/h1-16H,(H,27,28)(H,29,30). The van der Waals surface area contributed by atoms with Crippen molar-refractivity contribution in [3.8, 4) is 33.8 Å². The number of fused-ring (bicyclic) bond motifs is 2. The summed E-state index contributed by atoms with van der Waals surface area (Å²) in [5.41, 5.74) is 8.56. The molecule has 0 radical (unpaired) electrons. The second kappa shape index (κ2) is 6.71. The molecular weight excluding hydrogens is 368 g/mol. The van der Waals surface area contributed by atoms with Crippen LogP contribution >= 0.6 is 0 Å². The van der Waals surface area contributed by atoms with Gasteiger partial charge in [-0.05, 0) is 40.5 Å². The van der Waals surface area contributed by atoms with Crippen molar-refractivity contribution in [3.63, 3.8) is 0 Å². The second-order valence-corrected chi connectivity index (χ2v) is 7.38. The van der Waals surface area contributed by atoms with Crippen LogP contribution in [0.5, 0.6) is 0 Å². The van der Waals surface area contributed by atoms with E-state index in [4.69, 9.17) is 4.98 Å². The number of benzene rings is 4. The molecule has 0 saturated heterocycles. The van der Waals surface area contributed by atoms with Gasteiger partial charge in [-0.3, -0.25) is 5.10 Å². The van der Waals surface area contributed by atoms with Crippen molar-refractivity contribution < 1.29 is 0 Å². The Morgan fingerprint density at radius 3 is 2.07 bits per heavy atom. The molecule has 0 spiro atoms. The van der Waals surface area contributed by atoms with E-state index in [0.717, 1.165) is 39.0 Å². The first-order valence-corrected chi connectivity index (χ1v) is 9.94. The minimum atomic E-state index is 0.777. The molecule has 30 heavy (non-hydrogen) atoms. The molecule has 0 bridgehead atoms. The molecule has 2 aromatic heterocycles. The Hall–Kier alpha value is -4.18. The van der Waals surface area contributed by atoms with Crippen LogP contribution in [0.2, 0.25) is 0 Å². The molecule has 0 atom stereocenters. The summed E-state index contributed by atoms with van der Waals surface area (Å²) in [5, 5.41) is 8.60. The minimum absolute atomic E-state index is 0.777. The number of nitrogens with one attached hydrogen (secondary N) is 2. The van der Waals surface area contributed by atoms with Crippen LogP contribution in [0.3, 0.4) is 0 Å². The number of hydrogen-bond acceptors (Lipinski definition) is 2. The zero-order valence-corrected chi connectivity index (χ0v) is 16.1. The van der Waals surface area contributed by atoms with Crippen molar-refractivity contribution in [2.75, 3.05) is 0 Å². The summed E-state index contributed by atoms with van der Waals surface area (Å²) in [7, 11) is 0. The third-order valence-electron chi connectivity index (χ3n) is 5.50. The molecule has 0 aliphatic rings. The van der Waals surface area contributed by atoms with Gasteiger partial charge in [0.2, 0.25) is 0 Å². The van der Waals surface area contributed by atoms with E-state index in [2.05, 4.69) is 88.0 Å². The second-order valence-electron chi connectivity index (χ2n) is 7.38. The van der Waals surface area contributed by atoms with Gasteiger partial charge in [0.1, 0.15) is 5.69 Å². The van der Waals surface area contributed by atoms with Crippen LogP contribution in [-0.2, 0) is 0 Å². The number of para-hydroxylation sites is 1. The number of imidazole rings is 1. The minimum Gasteiger partial charge on any atom is -0.337 e. The van der Waals surface area contributed by atoms with Gasteiger partial charge in [-0.15, -0.1) is 0 Å². The number of nitrogens with zero attached hydrogens (tertiary/aromatic N) is 2. The first kappa shape index (κ1) is 16.7. The Morgan fingerprint density at radius 1 is 0.567 bits per heavy atom. The van der Waals surface area contributed by atoms with Crippen LogP contribution in [0.4, 0.5) is 0 Å². The van der Waals surface area contributed by atoms with Gasteiger partial charge in [0.25, 0.3) is 0 Å². The molecule has 0 aliphatic carbocycles. The highest BCUT2D eigenvalue weighted by Crippen LogP contribution is 2.29. The molecule has 0 amide bonds. The van der Waals surface area contributed by atoms with Gasteiger partial charge in [-0.2, -0.15) is 5.10 Å². The molecule has 0 saturated carbocycles. The van der Waals surface area contributed by atoms with Crippen LogP contribution in [0.15, 0.2) is 97.1 Å². The maximum atomic E-state index is 4.76. The molecule has 4 heteroatoms. The maximum Gasteiger partial charge on any atom is 0.159 e. The third-order valence-corrected chi connectivity index (χ3v) is 5.50. The van der Waals surface area contributed by atoms with Gasteiger partial charge in [0.15, 0.2) is 5.82 Å². The van der Waals surface area contributed by atoms with Crippen LogP contribution in [0, 0.1) is 0 Å². The molecule has 4 aromatic carbocycles. The van der Waals surface area contributed by atoms with E-state index >= 15 is 0 Å². The number of aromatic amines is 2. The van der Waals surface area contributed by atoms with Gasteiger partial charge in [-0.1, -0.05) is 78.9 Å². The Morgan fingerprint density at radius 2 is 1.23 bits per heavy atom. The Balaban J connectivity index is 1.38. The van der Waals surface area contributed by atoms with Crippen LogP contribution in [-0.4, -0.2) is 20.2 Å². The van der Waals surface area contributed by atoms with E-state index in [1.165, 1.54) is 16.7 Å². The largest absolute Gasteiger partial charge is 0.337 e. The monoisotopic (exact) mass is 386 g/mol. The molecule has 0 aliphatic heterocycles. The van der Waals surface area contributed by atoms with Crippen molar-refractivity contribution in [2.45, 2.75) is 0 Å². The summed E-state index contributed by atoms with van der Waals surface area (Å²) in [4.78, 5) is 8.20. The average molecular weight is 386 g/mol. The third kappa shape index (κ3) is 2.78. The lowest BCUT2D eigenvalue weighted by atomic mass is 10.0. The van der Waals surface area contributed by atoms with E-state index in [0.29, 0.717) is 0 Å². The maximum absolute atomic E-state index is 4.76. The lowest BCUT2D eigenvalue weighted by molar-refractivity contribution is 1.11. The van der Waals surface area contributed by atoms with Crippen molar-refractivity contribution >= 4 is 21.9 Å². The number of aromatic nitrogens is 4. The van der Waals surface area contributed by atoms with Gasteiger partial charge >= 0.3 is 0 Å². The lowest BCUT2D eigenvalue weighted by Gasteiger charge is -2.05. The van der Waals surface area contributed by atoms with Crippen molar-refractivity contribution in [3.05, 3.63) is 97.1 Å². The molecule has 0 unspecified atom stereocenters. The van der Waals surface area contributed by atoms with Gasteiger partial charge in [-0.25, -0.2) is 4.98 Å². The van der Waals surface area contributed by atoms with Gasteiger partial charge in [0, 0.05) is 5.39 Å². The molecule has 6 rings (SSSR count). The summed E-state index contributed by atoms with van der Waals surface area (Å²) < 4.78 is 0. The normalized spacial score (nSPS) is 11.3. The molecular formula is C26H18N4. The lowest BCUT2D eigenvalue weighted by Crippen LogP contribution is -1.81. The zero-order chi connectivity index (χ0) is 19.9. The highest BCUT2D eigenvalue weighted by Gasteiger charge is 2.12. The highest BCUT2D eigenvalue weighted by molar-refractivity contribution is 5.93. The predicted octanol–water partition coefficient (Wildman–Crippen LogP) is 6.44. The number of hydrogen-bond donors (Lipinski definition) is 2. The SMILES string of the molecule is c1ccc(-c2ccc(-c3ccc4nc(-c5n[nH]c6ccccc56)[nH]c4c3)cc2)cc1. The Bertz CT molecular complexity index is 1470. The van der Waals surface area contributed by atoms with E-state index in [9.17, 15) is 0 Å². The highest BCUT2D eigenvalue weighted by atomic mass is 15.1. The summed E-state index contributed by atoms with van der Waals surface area (Å²) in [6.07, 6.45) is 0. The topological polar surface area (TPSA) is 57.4 Å². The molecule has 6 aromatic rings. The summed E-state index contributed by atoms with van der Waals surface area (Å²) in [6, 6.07) is 33.5. The van der Waals surface area contributed by atoms with E-state index in [1.807, 2.05) is 24.3 Å². The van der Waals surface area contributed by atoms with Crippen LogP contribution < -0.4 is 0 Å². The molecule has 2 heterocycles. The van der Waals surface area contributed by atoms with Crippen LogP contribution in [0.1, 0.15) is 0 Å². The number of H-pyrrole nitrogens is 2. The fraction of sp³-hybridized carbons (Fsp3) is 0. The summed E-state index contributed by atoms with van der Waals surface area (Å²) in [6.45, 7) is 0. The fourth-order valence-electron chi connectivity index (χ4n) is 3.93. The summed E-state index contributed by atoms with van der Waals surface area (Å²) >= 11 is 0. The molecule has 4 nitrogen and oxygen atoms in total. The Labute approximate surface area is 173 Å². The van der Waals surface area contributed by atoms with Crippen molar-refractivity contribution in [2.24, 2.45) is 0 Å². The van der Waals surface area contributed by atoms with E-state index in [1.54, 1.807) is 0 Å². The van der Waals surface area contributed by atoms with Crippen LogP contribution in [0.25, 0.3) is 55.7 Å². The average Bonchev–Trinajstić information content (AvgIpc) is 3.43. The zero-order valence-electron chi connectivity index (χ0n) is 16.1. The first-order chi connectivity index (χ1) is 14.8. The number of rotatable bonds is 3. The molecule has 2 N–H and O–H groups in total. The Kier molecular flexibility index (Phi) is 3.74. The van der Waals surface area contributed by atoms with E-state index < -0.39 is 0 Å². The smallest absolute Gasteiger partial charge is 0.159 e. The fourth-order valence-corrected chi connectivity index (χ4v) is 3.93. The van der Waals surface area contributed by atoms with E-state index in [-0.39, 0.29) is 0 Å². The van der Waals surface area contributed by atoms with Crippen molar-refractivity contribution in [1.29, 1.82) is 0 Å². The van der Waals surface area contributed by atoms with Gasteiger partial charge in [0.05, 0.1) is 16.6 Å². The quantitative estimate of drug-likeness (QED) is 0.368.